The fraction of sp³-hybridized carbons (Fsp3) is 0.286. The van der Waals surface area contributed by atoms with Gasteiger partial charge in [0.1, 0.15) is 0 Å². The van der Waals surface area contributed by atoms with E-state index in [1.54, 1.807) is 18.2 Å². The average Bonchev–Trinajstić information content (AvgIpc) is 3.38. The first-order valence-corrected chi connectivity index (χ1v) is 11.6. The predicted molar refractivity (Wildman–Crippen MR) is 120 cm³/mol. The molecule has 2 heterocycles. The van der Waals surface area contributed by atoms with E-state index in [1.807, 2.05) is 0 Å². The number of morpholine rings is 1. The minimum absolute atomic E-state index is 0.0705. The Morgan fingerprint density at radius 3 is 2.33 bits per heavy atom. The van der Waals surface area contributed by atoms with Crippen LogP contribution in [0.2, 0.25) is 0 Å². The molecule has 12 heteroatoms. The van der Waals surface area contributed by atoms with Gasteiger partial charge >= 0.3 is 17.1 Å². The van der Waals surface area contributed by atoms with Crippen LogP contribution in [0.4, 0.5) is 11.4 Å². The number of carboxylic acids is 1. The van der Waals surface area contributed by atoms with Crippen molar-refractivity contribution in [2.75, 3.05) is 49.1 Å². The van der Waals surface area contributed by atoms with Crippen LogP contribution < -0.4 is 20.8 Å². The van der Waals surface area contributed by atoms with Crippen LogP contribution in [-0.4, -0.2) is 68.5 Å². The number of nitrogens with one attached hydrogen (secondary N) is 1. The normalized spacial score (nSPS) is 14.9. The molecule has 0 atom stereocenters. The Morgan fingerprint density at radius 2 is 1.73 bits per heavy atom. The highest BCUT2D eigenvalue weighted by Gasteiger charge is 2.28. The first-order chi connectivity index (χ1) is 15.8. The number of anilines is 2. The van der Waals surface area contributed by atoms with Crippen LogP contribution in [-0.2, 0) is 14.8 Å². The lowest BCUT2D eigenvalue weighted by atomic mass is 10.1. The first-order valence-electron chi connectivity index (χ1n) is 10.2. The molecule has 3 aromatic rings. The van der Waals surface area contributed by atoms with Gasteiger partial charge in [0.15, 0.2) is 0 Å². The van der Waals surface area contributed by atoms with Gasteiger partial charge in [0.05, 0.1) is 35.0 Å². The molecular weight excluding hydrogens is 452 g/mol. The first kappa shape index (κ1) is 22.7. The van der Waals surface area contributed by atoms with E-state index < -0.39 is 27.1 Å². The van der Waals surface area contributed by atoms with Gasteiger partial charge in [-0.25, -0.2) is 13.2 Å². The van der Waals surface area contributed by atoms with Crippen LogP contribution >= 0.6 is 0 Å². The fourth-order valence-corrected chi connectivity index (χ4v) is 4.96. The maximum absolute atomic E-state index is 13.5. The number of aromatic carboxylic acids is 1. The molecule has 0 radical (unpaired) electrons. The number of rotatable bonds is 9. The Balaban J connectivity index is 1.72. The lowest BCUT2D eigenvalue weighted by molar-refractivity contribution is 0.0395. The largest absolute Gasteiger partial charge is 0.478 e. The number of hydrogen-bond acceptors (Lipinski definition) is 8. The zero-order valence-electron chi connectivity index (χ0n) is 17.5. The summed E-state index contributed by atoms with van der Waals surface area (Å²) in [6.07, 6.45) is 0. The highest BCUT2D eigenvalue weighted by Crippen LogP contribution is 2.28. The topological polar surface area (TPSA) is 138 Å². The molecule has 11 nitrogen and oxygen atoms in total. The number of carbonyl (C=O) groups is 1. The second-order valence-electron chi connectivity index (χ2n) is 7.44. The van der Waals surface area contributed by atoms with Crippen LogP contribution in [0.1, 0.15) is 10.4 Å². The lowest BCUT2D eigenvalue weighted by Crippen LogP contribution is -2.43. The number of benzene rings is 2. The highest BCUT2D eigenvalue weighted by atomic mass is 32.2. The molecule has 0 saturated carbocycles. The Kier molecular flexibility index (Phi) is 6.31. The summed E-state index contributed by atoms with van der Waals surface area (Å²) in [6.45, 7) is 2.99. The monoisotopic (exact) mass is 474 g/mol. The zero-order chi connectivity index (χ0) is 23.6. The molecule has 1 fully saturated rings. The van der Waals surface area contributed by atoms with Gasteiger partial charge in [0, 0.05) is 26.2 Å². The number of ether oxygens (including phenoxy) is 1. The van der Waals surface area contributed by atoms with Gasteiger partial charge in [-0.05, 0) is 30.3 Å². The average molecular weight is 474 g/mol. The summed E-state index contributed by atoms with van der Waals surface area (Å²) < 4.78 is 34.2. The minimum Gasteiger partial charge on any atom is -0.478 e. The molecule has 4 rings (SSSR count). The number of carboxylic acid groups (broad SMARTS) is 1. The molecule has 0 unspecified atom stereocenters. The van der Waals surface area contributed by atoms with Crippen LogP contribution in [0.3, 0.4) is 0 Å². The van der Waals surface area contributed by atoms with Crippen molar-refractivity contribution in [3.05, 3.63) is 74.8 Å². The maximum Gasteiger partial charge on any atom is 0.340 e. The molecule has 0 amide bonds. The van der Waals surface area contributed by atoms with Gasteiger partial charge in [-0.1, -0.05) is 18.2 Å². The van der Waals surface area contributed by atoms with Gasteiger partial charge in [-0.15, -0.1) is 0 Å². The van der Waals surface area contributed by atoms with E-state index in [9.17, 15) is 27.9 Å². The molecule has 1 aliphatic rings. The van der Waals surface area contributed by atoms with Crippen molar-refractivity contribution in [2.45, 2.75) is 4.90 Å². The van der Waals surface area contributed by atoms with Crippen LogP contribution in [0, 0.1) is 0 Å². The molecule has 2 N–H and O–H groups in total. The van der Waals surface area contributed by atoms with Gasteiger partial charge in [0.2, 0.25) is 0 Å². The van der Waals surface area contributed by atoms with Gasteiger partial charge < -0.3 is 9.84 Å². The second kappa shape index (κ2) is 9.17. The molecule has 0 aliphatic carbocycles. The summed E-state index contributed by atoms with van der Waals surface area (Å²) in [4.78, 5) is 36.6. The molecule has 174 valence electrons. The van der Waals surface area contributed by atoms with E-state index in [-0.39, 0.29) is 28.4 Å². The summed E-state index contributed by atoms with van der Waals surface area (Å²) in [5, 5.41) is 9.49. The Morgan fingerprint density at radius 1 is 1.06 bits per heavy atom. The van der Waals surface area contributed by atoms with Crippen molar-refractivity contribution in [3.63, 3.8) is 0 Å². The standard InChI is InChI=1S/C21H22N4O7S/c26-19-20(27)25(19)22-18-14-15(6-7-17(18)21(28)29)24(9-8-23-10-12-32-13-11-23)33(30,31)16-4-2-1-3-5-16/h1-7,14,22H,8-13H2,(H,28,29). The molecule has 0 spiro atoms. The van der Waals surface area contributed by atoms with Crippen molar-refractivity contribution in [1.82, 2.24) is 9.58 Å². The van der Waals surface area contributed by atoms with Gasteiger partial charge in [0.25, 0.3) is 10.0 Å². The predicted octanol–water partition coefficient (Wildman–Crippen LogP) is 0.185. The van der Waals surface area contributed by atoms with Crippen LogP contribution in [0.25, 0.3) is 0 Å². The molecule has 1 saturated heterocycles. The van der Waals surface area contributed by atoms with Crippen molar-refractivity contribution < 1.29 is 23.1 Å². The Hall–Kier alpha value is -3.48. The van der Waals surface area contributed by atoms with E-state index in [4.69, 9.17) is 4.74 Å². The third kappa shape index (κ3) is 4.82. The van der Waals surface area contributed by atoms with Crippen molar-refractivity contribution in [3.8, 4) is 0 Å². The van der Waals surface area contributed by atoms with Crippen molar-refractivity contribution in [2.24, 2.45) is 0 Å². The SMILES string of the molecule is O=C(O)c1ccc(N(CCN2CCOCC2)S(=O)(=O)c2ccccc2)cc1Nn1c(=O)c1=O. The van der Waals surface area contributed by atoms with E-state index in [2.05, 4.69) is 10.3 Å². The Bertz CT molecular complexity index is 1300. The minimum atomic E-state index is -3.99. The second-order valence-corrected chi connectivity index (χ2v) is 9.30. The smallest absolute Gasteiger partial charge is 0.340 e. The fourth-order valence-electron chi connectivity index (χ4n) is 3.49. The molecule has 33 heavy (non-hydrogen) atoms. The van der Waals surface area contributed by atoms with Gasteiger partial charge in [-0.2, -0.15) is 4.68 Å². The summed E-state index contributed by atoms with van der Waals surface area (Å²) in [5.74, 6) is -1.29. The van der Waals surface area contributed by atoms with E-state index in [1.165, 1.54) is 34.6 Å². The summed E-state index contributed by atoms with van der Waals surface area (Å²) in [7, 11) is -3.99. The molecule has 2 aromatic carbocycles. The maximum atomic E-state index is 13.5. The van der Waals surface area contributed by atoms with Crippen molar-refractivity contribution >= 4 is 27.4 Å². The van der Waals surface area contributed by atoms with Crippen LogP contribution in [0.5, 0.6) is 0 Å². The molecule has 1 aromatic heterocycles. The summed E-state index contributed by atoms with van der Waals surface area (Å²) in [5.41, 5.74) is 0.761. The molecule has 0 bridgehead atoms. The quantitative estimate of drug-likeness (QED) is 0.416. The molecule has 1 aliphatic heterocycles. The zero-order valence-corrected chi connectivity index (χ0v) is 18.3. The van der Waals surface area contributed by atoms with Crippen molar-refractivity contribution in [1.29, 1.82) is 0 Å². The number of nitrogens with zero attached hydrogens (tertiary/aromatic N) is 3. The summed E-state index contributed by atoms with van der Waals surface area (Å²) in [6, 6.07) is 11.8. The number of aromatic nitrogens is 1. The third-order valence-electron chi connectivity index (χ3n) is 5.35. The van der Waals surface area contributed by atoms with E-state index >= 15 is 0 Å². The van der Waals surface area contributed by atoms with E-state index in [0.29, 0.717) is 37.5 Å². The summed E-state index contributed by atoms with van der Waals surface area (Å²) >= 11 is 0. The highest BCUT2D eigenvalue weighted by molar-refractivity contribution is 7.92. The number of sulfonamides is 1. The van der Waals surface area contributed by atoms with Gasteiger partial charge in [-0.3, -0.25) is 24.2 Å². The van der Waals surface area contributed by atoms with E-state index in [0.717, 1.165) is 0 Å². The number of hydrogen-bond donors (Lipinski definition) is 2. The molecular formula is C21H22N4O7S. The Labute approximate surface area is 189 Å². The third-order valence-corrected chi connectivity index (χ3v) is 7.19. The van der Waals surface area contributed by atoms with Crippen LogP contribution in [0.15, 0.2) is 63.0 Å². The lowest BCUT2D eigenvalue weighted by Gasteiger charge is -2.31.